The minimum absolute atomic E-state index is 0.0262. The molecule has 0 bridgehead atoms. The van der Waals surface area contributed by atoms with Gasteiger partial charge in [0.1, 0.15) is 11.9 Å². The molecule has 176 valence electrons. The summed E-state index contributed by atoms with van der Waals surface area (Å²) >= 11 is 0. The zero-order valence-corrected chi connectivity index (χ0v) is 20.1. The summed E-state index contributed by atoms with van der Waals surface area (Å²) in [6.45, 7) is 10.3. The molecule has 0 amide bonds. The molecule has 0 fully saturated rings. The molecule has 2 heterocycles. The Balaban J connectivity index is 1.60. The van der Waals surface area contributed by atoms with E-state index in [1.54, 1.807) is 22.9 Å². The normalized spacial score (nSPS) is 18.9. The average molecular weight is 460 g/mol. The van der Waals surface area contributed by atoms with Gasteiger partial charge in [-0.2, -0.15) is 4.98 Å². The molecule has 6 nitrogen and oxygen atoms in total. The molecule has 1 aromatic heterocycles. The van der Waals surface area contributed by atoms with Gasteiger partial charge in [-0.05, 0) is 56.0 Å². The molecular weight excluding hydrogens is 429 g/mol. The highest BCUT2D eigenvalue weighted by Gasteiger charge is 2.42. The van der Waals surface area contributed by atoms with Crippen LogP contribution in [0.3, 0.4) is 0 Å². The third-order valence-corrected chi connectivity index (χ3v) is 6.79. The number of rotatable bonds is 5. The number of Topliss-reactive ketones (excluding diaryl/α,β-unsaturated/α-hetero) is 1. The van der Waals surface area contributed by atoms with E-state index in [0.717, 1.165) is 30.0 Å². The van der Waals surface area contributed by atoms with Gasteiger partial charge in [-0.15, -0.1) is 5.10 Å². The molecule has 5 rings (SSSR count). The van der Waals surface area contributed by atoms with Crippen LogP contribution in [0.2, 0.25) is 0 Å². The van der Waals surface area contributed by atoms with E-state index in [1.807, 2.05) is 12.1 Å². The van der Waals surface area contributed by atoms with Gasteiger partial charge in [0.15, 0.2) is 11.6 Å². The fourth-order valence-electron chi connectivity index (χ4n) is 5.13. The fourth-order valence-corrected chi connectivity index (χ4v) is 5.13. The quantitative estimate of drug-likeness (QED) is 0.539. The number of nitrogens with one attached hydrogen (secondary N) is 1. The van der Waals surface area contributed by atoms with E-state index in [-0.39, 0.29) is 17.0 Å². The Morgan fingerprint density at radius 3 is 2.47 bits per heavy atom. The van der Waals surface area contributed by atoms with E-state index in [1.165, 1.54) is 6.07 Å². The van der Waals surface area contributed by atoms with Crippen molar-refractivity contribution >= 4 is 17.4 Å². The van der Waals surface area contributed by atoms with E-state index in [9.17, 15) is 4.79 Å². The summed E-state index contributed by atoms with van der Waals surface area (Å²) in [5.41, 5.74) is 3.68. The Labute approximate surface area is 199 Å². The van der Waals surface area contributed by atoms with E-state index in [2.05, 4.69) is 50.0 Å². The van der Waals surface area contributed by atoms with Crippen molar-refractivity contribution in [3.05, 3.63) is 71.2 Å². The van der Waals surface area contributed by atoms with Crippen molar-refractivity contribution < 1.29 is 9.18 Å². The van der Waals surface area contributed by atoms with Gasteiger partial charge < -0.3 is 10.2 Å². The van der Waals surface area contributed by atoms with E-state index in [0.29, 0.717) is 35.8 Å². The SMILES string of the molecule is CCN(CC)c1ccc(-c2nc3n(n2)C(c2ccccc2F)C2=C(CC(C)(C)CC2=O)N3)cc1. The summed E-state index contributed by atoms with van der Waals surface area (Å²) in [6.07, 6.45) is 1.11. The number of benzene rings is 2. The van der Waals surface area contributed by atoms with Gasteiger partial charge in [-0.1, -0.05) is 32.0 Å². The lowest BCUT2D eigenvalue weighted by Gasteiger charge is -2.38. The predicted octanol–water partition coefficient (Wildman–Crippen LogP) is 5.59. The van der Waals surface area contributed by atoms with E-state index < -0.39 is 6.04 Å². The van der Waals surface area contributed by atoms with Crippen LogP contribution in [0.15, 0.2) is 59.8 Å². The Morgan fingerprint density at radius 1 is 1.09 bits per heavy atom. The number of fused-ring (bicyclic) bond motifs is 1. The molecule has 1 N–H and O–H groups in total. The number of carbonyl (C=O) groups excluding carboxylic acids is 1. The van der Waals surface area contributed by atoms with Crippen molar-refractivity contribution in [2.75, 3.05) is 23.3 Å². The molecular formula is C27H30FN5O. The fraction of sp³-hybridized carbons (Fsp3) is 0.370. The lowest BCUT2D eigenvalue weighted by molar-refractivity contribution is -0.118. The number of hydrogen-bond donors (Lipinski definition) is 1. The molecule has 34 heavy (non-hydrogen) atoms. The molecule has 2 aromatic carbocycles. The number of halogens is 1. The zero-order valence-electron chi connectivity index (χ0n) is 20.1. The van der Waals surface area contributed by atoms with Crippen LogP contribution >= 0.6 is 0 Å². The van der Waals surface area contributed by atoms with E-state index in [4.69, 9.17) is 10.1 Å². The minimum Gasteiger partial charge on any atom is -0.372 e. The van der Waals surface area contributed by atoms with Crippen LogP contribution in [0.1, 0.15) is 52.1 Å². The molecule has 1 atom stereocenters. The molecule has 0 saturated heterocycles. The van der Waals surface area contributed by atoms with Gasteiger partial charge in [0.25, 0.3) is 0 Å². The second-order valence-electron chi connectivity index (χ2n) is 9.80. The standard InChI is InChI=1S/C27H30FN5O/c1-5-32(6-2)18-13-11-17(12-14-18)25-30-26-29-21-15-27(3,4)16-22(34)23(21)24(33(26)31-25)19-9-7-8-10-20(19)28/h7-14,24H,5-6,15-16H2,1-4H3,(H,29,30,31). The third-order valence-electron chi connectivity index (χ3n) is 6.79. The molecule has 0 saturated carbocycles. The number of nitrogens with zero attached hydrogens (tertiary/aromatic N) is 4. The summed E-state index contributed by atoms with van der Waals surface area (Å²) in [4.78, 5) is 20.3. The van der Waals surface area contributed by atoms with Gasteiger partial charge in [-0.25, -0.2) is 9.07 Å². The minimum atomic E-state index is -0.646. The highest BCUT2D eigenvalue weighted by molar-refractivity contribution is 6.00. The third kappa shape index (κ3) is 3.79. The van der Waals surface area contributed by atoms with Crippen LogP contribution in [0.5, 0.6) is 0 Å². The largest absolute Gasteiger partial charge is 0.372 e. The van der Waals surface area contributed by atoms with Crippen molar-refractivity contribution in [1.29, 1.82) is 0 Å². The first-order chi connectivity index (χ1) is 16.3. The zero-order chi connectivity index (χ0) is 24.0. The lowest BCUT2D eigenvalue weighted by atomic mass is 9.73. The highest BCUT2D eigenvalue weighted by Crippen LogP contribution is 2.46. The first kappa shape index (κ1) is 22.3. The van der Waals surface area contributed by atoms with Crippen molar-refractivity contribution in [3.8, 4) is 11.4 Å². The van der Waals surface area contributed by atoms with Crippen LogP contribution in [-0.4, -0.2) is 33.6 Å². The topological polar surface area (TPSA) is 63.1 Å². The maximum atomic E-state index is 15.0. The number of carbonyl (C=O) groups is 1. The molecule has 1 unspecified atom stereocenters. The van der Waals surface area contributed by atoms with Crippen molar-refractivity contribution in [3.63, 3.8) is 0 Å². The Hall–Kier alpha value is -3.48. The van der Waals surface area contributed by atoms with E-state index >= 15 is 4.39 Å². The van der Waals surface area contributed by atoms with Gasteiger partial charge in [0.2, 0.25) is 5.95 Å². The second-order valence-corrected chi connectivity index (χ2v) is 9.80. The van der Waals surface area contributed by atoms with Crippen molar-refractivity contribution in [1.82, 2.24) is 14.8 Å². The first-order valence-electron chi connectivity index (χ1n) is 11.9. The smallest absolute Gasteiger partial charge is 0.226 e. The second kappa shape index (κ2) is 8.38. The summed E-state index contributed by atoms with van der Waals surface area (Å²) in [5, 5.41) is 8.13. The van der Waals surface area contributed by atoms with Crippen LogP contribution in [0.4, 0.5) is 16.0 Å². The molecule has 0 radical (unpaired) electrons. The molecule has 7 heteroatoms. The average Bonchev–Trinajstić information content (AvgIpc) is 3.22. The number of anilines is 2. The van der Waals surface area contributed by atoms with Crippen LogP contribution in [0, 0.1) is 11.2 Å². The molecule has 0 spiro atoms. The molecule has 1 aliphatic heterocycles. The summed E-state index contributed by atoms with van der Waals surface area (Å²) < 4.78 is 16.7. The maximum Gasteiger partial charge on any atom is 0.226 e. The van der Waals surface area contributed by atoms with Gasteiger partial charge in [0.05, 0.1) is 0 Å². The van der Waals surface area contributed by atoms with Crippen LogP contribution in [-0.2, 0) is 4.79 Å². The van der Waals surface area contributed by atoms with Gasteiger partial charge in [0, 0.05) is 47.6 Å². The Bertz CT molecular complexity index is 1270. The Kier molecular flexibility index (Phi) is 5.50. The Morgan fingerprint density at radius 2 is 1.79 bits per heavy atom. The number of hydrogen-bond acceptors (Lipinski definition) is 5. The summed E-state index contributed by atoms with van der Waals surface area (Å²) in [7, 11) is 0. The predicted molar refractivity (Wildman–Crippen MR) is 132 cm³/mol. The van der Waals surface area contributed by atoms with Crippen LogP contribution < -0.4 is 10.2 Å². The molecule has 1 aliphatic carbocycles. The van der Waals surface area contributed by atoms with Crippen LogP contribution in [0.25, 0.3) is 11.4 Å². The van der Waals surface area contributed by atoms with Crippen molar-refractivity contribution in [2.24, 2.45) is 5.41 Å². The molecule has 3 aromatic rings. The van der Waals surface area contributed by atoms with Crippen molar-refractivity contribution in [2.45, 2.75) is 46.6 Å². The highest BCUT2D eigenvalue weighted by atomic mass is 19.1. The first-order valence-corrected chi connectivity index (χ1v) is 11.9. The molecule has 2 aliphatic rings. The monoisotopic (exact) mass is 459 g/mol. The van der Waals surface area contributed by atoms with Gasteiger partial charge >= 0.3 is 0 Å². The number of allylic oxidation sites excluding steroid dienone is 2. The summed E-state index contributed by atoms with van der Waals surface area (Å²) in [5.74, 6) is 0.741. The maximum absolute atomic E-state index is 15.0. The van der Waals surface area contributed by atoms with Gasteiger partial charge in [-0.3, -0.25) is 4.79 Å². The number of aromatic nitrogens is 3. The number of ketones is 1. The summed E-state index contributed by atoms with van der Waals surface area (Å²) in [6, 6.07) is 14.1. The lowest BCUT2D eigenvalue weighted by Crippen LogP contribution is -2.36.